The normalized spacial score (nSPS) is 11.3. The van der Waals surface area contributed by atoms with Gasteiger partial charge in [0.2, 0.25) is 0 Å². The largest absolute Gasteiger partial charge is 0.468 e. The lowest BCUT2D eigenvalue weighted by Gasteiger charge is -2.15. The van der Waals surface area contributed by atoms with E-state index in [1.165, 1.54) is 0 Å². The van der Waals surface area contributed by atoms with Crippen LogP contribution in [0.5, 0.6) is 0 Å². The van der Waals surface area contributed by atoms with Crippen molar-refractivity contribution in [2.75, 3.05) is 7.05 Å². The number of nitrogens with two attached hydrogens (primary N) is 1. The highest BCUT2D eigenvalue weighted by Gasteiger charge is 2.09. The highest BCUT2D eigenvalue weighted by Crippen LogP contribution is 2.13. The van der Waals surface area contributed by atoms with Crippen LogP contribution < -0.4 is 5.73 Å². The molecule has 2 heterocycles. The van der Waals surface area contributed by atoms with Crippen LogP contribution in [0.2, 0.25) is 0 Å². The molecule has 0 radical (unpaired) electrons. The zero-order chi connectivity index (χ0) is 12.3. The Bertz CT molecular complexity index is 474. The fourth-order valence-corrected chi connectivity index (χ4v) is 1.82. The van der Waals surface area contributed by atoms with E-state index in [2.05, 4.69) is 16.9 Å². The van der Waals surface area contributed by atoms with Crippen molar-refractivity contribution in [1.82, 2.24) is 14.5 Å². The number of aryl methyl sites for hydroxylation is 1. The van der Waals surface area contributed by atoms with Gasteiger partial charge in [0.05, 0.1) is 19.4 Å². The number of hydrogen-bond acceptors (Lipinski definition) is 4. The minimum Gasteiger partial charge on any atom is -0.468 e. The summed E-state index contributed by atoms with van der Waals surface area (Å²) in [6, 6.07) is 1.97. The van der Waals surface area contributed by atoms with Crippen molar-refractivity contribution in [2.24, 2.45) is 12.8 Å². The maximum atomic E-state index is 5.60. The highest BCUT2D eigenvalue weighted by molar-refractivity contribution is 5.16. The summed E-state index contributed by atoms with van der Waals surface area (Å²) in [6.45, 7) is 2.06. The molecule has 2 rings (SSSR count). The molecular weight excluding hydrogens is 216 g/mol. The molecule has 0 atom stereocenters. The van der Waals surface area contributed by atoms with Crippen LogP contribution in [0.3, 0.4) is 0 Å². The lowest BCUT2D eigenvalue weighted by atomic mass is 10.2. The molecule has 0 bridgehead atoms. The number of imidazole rings is 1. The molecule has 0 unspecified atom stereocenters. The molecule has 2 aromatic heterocycles. The Morgan fingerprint density at radius 1 is 1.47 bits per heavy atom. The lowest BCUT2D eigenvalue weighted by molar-refractivity contribution is 0.304. The smallest absolute Gasteiger partial charge is 0.122 e. The van der Waals surface area contributed by atoms with Crippen LogP contribution in [0.15, 0.2) is 29.1 Å². The van der Waals surface area contributed by atoms with Crippen LogP contribution in [0.25, 0.3) is 0 Å². The van der Waals surface area contributed by atoms with Crippen molar-refractivity contribution in [3.63, 3.8) is 0 Å². The van der Waals surface area contributed by atoms with Crippen molar-refractivity contribution in [1.29, 1.82) is 0 Å². The van der Waals surface area contributed by atoms with Gasteiger partial charge in [0.15, 0.2) is 0 Å². The summed E-state index contributed by atoms with van der Waals surface area (Å²) in [4.78, 5) is 6.49. The van der Waals surface area contributed by atoms with Gasteiger partial charge in [-0.05, 0) is 13.1 Å². The van der Waals surface area contributed by atoms with Crippen molar-refractivity contribution < 1.29 is 4.42 Å². The van der Waals surface area contributed by atoms with Gasteiger partial charge >= 0.3 is 0 Å². The molecule has 5 heteroatoms. The summed E-state index contributed by atoms with van der Waals surface area (Å²) in [5.41, 5.74) is 6.75. The Labute approximate surface area is 101 Å². The van der Waals surface area contributed by atoms with E-state index >= 15 is 0 Å². The molecule has 0 aliphatic rings. The molecule has 92 valence electrons. The minimum absolute atomic E-state index is 0.443. The van der Waals surface area contributed by atoms with Crippen molar-refractivity contribution in [3.05, 3.63) is 41.9 Å². The quantitative estimate of drug-likeness (QED) is 0.841. The van der Waals surface area contributed by atoms with Crippen LogP contribution >= 0.6 is 0 Å². The van der Waals surface area contributed by atoms with E-state index in [0.717, 1.165) is 30.2 Å². The summed E-state index contributed by atoms with van der Waals surface area (Å²) < 4.78 is 7.32. The number of hydrogen-bond donors (Lipinski definition) is 1. The summed E-state index contributed by atoms with van der Waals surface area (Å²) in [7, 11) is 4.06. The molecule has 0 spiro atoms. The molecule has 5 nitrogen and oxygen atoms in total. The van der Waals surface area contributed by atoms with Crippen LogP contribution in [-0.4, -0.2) is 21.5 Å². The Morgan fingerprint density at radius 2 is 2.29 bits per heavy atom. The predicted molar refractivity (Wildman–Crippen MR) is 65.0 cm³/mol. The molecule has 0 aromatic carbocycles. The third-order valence-electron chi connectivity index (χ3n) is 2.80. The molecule has 0 saturated heterocycles. The number of furan rings is 1. The molecular formula is C12H18N4O. The van der Waals surface area contributed by atoms with Crippen LogP contribution in [-0.2, 0) is 26.7 Å². The Balaban J connectivity index is 1.98. The van der Waals surface area contributed by atoms with Gasteiger partial charge < -0.3 is 14.7 Å². The second kappa shape index (κ2) is 5.16. The van der Waals surface area contributed by atoms with E-state index in [1.807, 2.05) is 30.1 Å². The molecule has 0 amide bonds. The first kappa shape index (κ1) is 11.9. The van der Waals surface area contributed by atoms with Crippen molar-refractivity contribution >= 4 is 0 Å². The van der Waals surface area contributed by atoms with Gasteiger partial charge in [-0.3, -0.25) is 4.90 Å². The van der Waals surface area contributed by atoms with E-state index < -0.39 is 0 Å². The third kappa shape index (κ3) is 2.75. The maximum absolute atomic E-state index is 5.60. The van der Waals surface area contributed by atoms with E-state index in [1.54, 1.807) is 6.26 Å². The maximum Gasteiger partial charge on any atom is 0.122 e. The molecule has 2 N–H and O–H groups in total. The highest BCUT2D eigenvalue weighted by atomic mass is 16.3. The minimum atomic E-state index is 0.443. The zero-order valence-corrected chi connectivity index (χ0v) is 10.3. The van der Waals surface area contributed by atoms with E-state index in [0.29, 0.717) is 6.54 Å². The Kier molecular flexibility index (Phi) is 3.61. The van der Waals surface area contributed by atoms with Crippen LogP contribution in [0, 0.1) is 0 Å². The van der Waals surface area contributed by atoms with E-state index in [-0.39, 0.29) is 0 Å². The topological polar surface area (TPSA) is 60.2 Å². The number of rotatable bonds is 5. The zero-order valence-electron chi connectivity index (χ0n) is 10.3. The monoisotopic (exact) mass is 234 g/mol. The van der Waals surface area contributed by atoms with Gasteiger partial charge in [0.25, 0.3) is 0 Å². The van der Waals surface area contributed by atoms with Gasteiger partial charge in [-0.1, -0.05) is 0 Å². The molecule has 2 aromatic rings. The van der Waals surface area contributed by atoms with E-state index in [9.17, 15) is 0 Å². The molecule has 0 saturated carbocycles. The summed E-state index contributed by atoms with van der Waals surface area (Å²) in [5, 5.41) is 0. The van der Waals surface area contributed by atoms with Gasteiger partial charge in [0, 0.05) is 31.5 Å². The lowest BCUT2D eigenvalue weighted by Crippen LogP contribution is -2.20. The Hall–Kier alpha value is -1.59. The second-order valence-corrected chi connectivity index (χ2v) is 4.20. The first-order valence-electron chi connectivity index (χ1n) is 5.60. The summed E-state index contributed by atoms with van der Waals surface area (Å²) in [6.07, 6.45) is 5.45. The summed E-state index contributed by atoms with van der Waals surface area (Å²) in [5.74, 6) is 1.90. The summed E-state index contributed by atoms with van der Waals surface area (Å²) >= 11 is 0. The van der Waals surface area contributed by atoms with Gasteiger partial charge in [-0.2, -0.15) is 0 Å². The SMILES string of the molecule is CN(Cc1ccoc1CN)Cc1nccn1C. The first-order valence-corrected chi connectivity index (χ1v) is 5.60. The number of nitrogens with zero attached hydrogens (tertiary/aromatic N) is 3. The first-order chi connectivity index (χ1) is 8.20. The molecule has 0 fully saturated rings. The van der Waals surface area contributed by atoms with E-state index in [4.69, 9.17) is 10.2 Å². The average Bonchev–Trinajstić information content (AvgIpc) is 2.89. The fourth-order valence-electron chi connectivity index (χ4n) is 1.82. The molecule has 0 aliphatic carbocycles. The van der Waals surface area contributed by atoms with Crippen LogP contribution in [0.4, 0.5) is 0 Å². The fraction of sp³-hybridized carbons (Fsp3) is 0.417. The average molecular weight is 234 g/mol. The standard InChI is InChI=1S/C12H18N4O/c1-15(9-12-14-4-5-16(12)2)8-10-3-6-17-11(10)7-13/h3-6H,7-9,13H2,1-2H3. The third-order valence-corrected chi connectivity index (χ3v) is 2.80. The van der Waals surface area contributed by atoms with Gasteiger partial charge in [0.1, 0.15) is 11.6 Å². The second-order valence-electron chi connectivity index (χ2n) is 4.20. The number of aromatic nitrogens is 2. The predicted octanol–water partition coefficient (Wildman–Crippen LogP) is 1.10. The van der Waals surface area contributed by atoms with Crippen molar-refractivity contribution in [2.45, 2.75) is 19.6 Å². The molecule has 17 heavy (non-hydrogen) atoms. The van der Waals surface area contributed by atoms with Gasteiger partial charge in [-0.25, -0.2) is 4.98 Å². The van der Waals surface area contributed by atoms with Gasteiger partial charge in [-0.15, -0.1) is 0 Å². The Morgan fingerprint density at radius 3 is 2.94 bits per heavy atom. The van der Waals surface area contributed by atoms with Crippen molar-refractivity contribution in [3.8, 4) is 0 Å². The molecule has 0 aliphatic heterocycles. The van der Waals surface area contributed by atoms with Crippen LogP contribution in [0.1, 0.15) is 17.1 Å².